The molecule has 1 aromatic carbocycles. The van der Waals surface area contributed by atoms with E-state index in [0.717, 1.165) is 48.9 Å². The summed E-state index contributed by atoms with van der Waals surface area (Å²) < 4.78 is 7.35. The molecule has 5 rings (SSSR count). The van der Waals surface area contributed by atoms with Gasteiger partial charge in [-0.05, 0) is 50.8 Å². The van der Waals surface area contributed by atoms with Crippen molar-refractivity contribution in [3.8, 4) is 11.3 Å². The van der Waals surface area contributed by atoms with E-state index in [1.807, 2.05) is 36.9 Å². The fraction of sp³-hybridized carbons (Fsp3) is 0.464. The number of hydrogen-bond donors (Lipinski definition) is 0. The molecule has 0 bridgehead atoms. The van der Waals surface area contributed by atoms with E-state index < -0.39 is 0 Å². The maximum Gasteiger partial charge on any atom is 0.258 e. The maximum absolute atomic E-state index is 14.3. The number of fused-ring (bicyclic) bond motifs is 4. The van der Waals surface area contributed by atoms with E-state index in [9.17, 15) is 9.59 Å². The van der Waals surface area contributed by atoms with Gasteiger partial charge in [0.15, 0.2) is 5.16 Å². The molecule has 2 heterocycles. The molecule has 2 aliphatic rings. The highest BCUT2D eigenvalue weighted by Crippen LogP contribution is 2.48. The van der Waals surface area contributed by atoms with Gasteiger partial charge in [-0.25, -0.2) is 4.98 Å². The van der Waals surface area contributed by atoms with Gasteiger partial charge >= 0.3 is 0 Å². The third-order valence-corrected chi connectivity index (χ3v) is 8.57. The van der Waals surface area contributed by atoms with Gasteiger partial charge in [0, 0.05) is 24.1 Å². The highest BCUT2D eigenvalue weighted by molar-refractivity contribution is 7.99. The Morgan fingerprint density at radius 2 is 1.89 bits per heavy atom. The predicted octanol–water partition coefficient (Wildman–Crippen LogP) is 5.27. The summed E-state index contributed by atoms with van der Waals surface area (Å²) in [5, 5.41) is 0.577. The second-order valence-corrected chi connectivity index (χ2v) is 10.6. The van der Waals surface area contributed by atoms with Crippen LogP contribution in [0.4, 0.5) is 0 Å². The van der Waals surface area contributed by atoms with Gasteiger partial charge < -0.3 is 9.32 Å². The van der Waals surface area contributed by atoms with Crippen LogP contribution in [0.15, 0.2) is 57.0 Å². The average molecular weight is 492 g/mol. The lowest BCUT2D eigenvalue weighted by Crippen LogP contribution is -2.43. The molecule has 1 amide bonds. The van der Waals surface area contributed by atoms with Gasteiger partial charge in [0.05, 0.1) is 29.8 Å². The van der Waals surface area contributed by atoms with Crippen LogP contribution in [-0.4, -0.2) is 39.2 Å². The number of amides is 1. The highest BCUT2D eigenvalue weighted by Gasteiger charge is 2.43. The van der Waals surface area contributed by atoms with Crippen LogP contribution in [-0.2, 0) is 23.2 Å². The van der Waals surface area contributed by atoms with Crippen LogP contribution >= 0.6 is 11.8 Å². The van der Waals surface area contributed by atoms with E-state index in [1.54, 1.807) is 10.8 Å². The molecule has 0 unspecified atom stereocenters. The normalized spacial score (nSPS) is 16.1. The second kappa shape index (κ2) is 10.1. The minimum Gasteiger partial charge on any atom is -0.467 e. The summed E-state index contributed by atoms with van der Waals surface area (Å²) in [7, 11) is 0. The molecule has 35 heavy (non-hydrogen) atoms. The first-order valence-electron chi connectivity index (χ1n) is 12.7. The molecule has 2 aliphatic carbocycles. The molecular weight excluding hydrogens is 458 g/mol. The molecule has 7 heteroatoms. The van der Waals surface area contributed by atoms with Crippen LogP contribution < -0.4 is 5.56 Å². The van der Waals surface area contributed by atoms with Crippen LogP contribution in [0.3, 0.4) is 0 Å². The number of nitrogens with zero attached hydrogens (tertiary/aromatic N) is 3. The van der Waals surface area contributed by atoms with Crippen molar-refractivity contribution >= 4 is 17.7 Å². The lowest BCUT2D eigenvalue weighted by molar-refractivity contribution is -0.127. The van der Waals surface area contributed by atoms with Crippen molar-refractivity contribution in [3.63, 3.8) is 0 Å². The first kappa shape index (κ1) is 23.9. The van der Waals surface area contributed by atoms with Crippen molar-refractivity contribution in [1.29, 1.82) is 0 Å². The fourth-order valence-corrected chi connectivity index (χ4v) is 6.72. The summed E-state index contributed by atoms with van der Waals surface area (Å²) in [6.45, 7) is 5.62. The summed E-state index contributed by atoms with van der Waals surface area (Å²) in [5.41, 5.74) is 3.84. The van der Waals surface area contributed by atoms with Gasteiger partial charge in [0.1, 0.15) is 5.76 Å². The summed E-state index contributed by atoms with van der Waals surface area (Å²) >= 11 is 1.35. The topological polar surface area (TPSA) is 68.3 Å². The molecule has 0 aliphatic heterocycles. The lowest BCUT2D eigenvalue weighted by atomic mass is 9.62. The molecule has 1 spiro atoms. The largest absolute Gasteiger partial charge is 0.467 e. The van der Waals surface area contributed by atoms with Gasteiger partial charge in [0.25, 0.3) is 5.56 Å². The zero-order valence-electron chi connectivity index (χ0n) is 20.6. The Kier molecular flexibility index (Phi) is 6.87. The van der Waals surface area contributed by atoms with Gasteiger partial charge in [-0.2, -0.15) is 0 Å². The minimum absolute atomic E-state index is 0.0144. The molecule has 1 saturated carbocycles. The van der Waals surface area contributed by atoms with E-state index >= 15 is 0 Å². The third kappa shape index (κ3) is 4.46. The summed E-state index contributed by atoms with van der Waals surface area (Å²) in [4.78, 5) is 34.1. The van der Waals surface area contributed by atoms with E-state index in [1.165, 1.54) is 23.7 Å². The molecule has 0 atom stereocenters. The van der Waals surface area contributed by atoms with Crippen LogP contribution in [0.1, 0.15) is 62.8 Å². The molecule has 0 saturated heterocycles. The first-order valence-corrected chi connectivity index (χ1v) is 13.7. The van der Waals surface area contributed by atoms with Crippen molar-refractivity contribution in [2.75, 3.05) is 18.8 Å². The van der Waals surface area contributed by atoms with E-state index in [0.29, 0.717) is 30.6 Å². The summed E-state index contributed by atoms with van der Waals surface area (Å²) in [6, 6.07) is 12.1. The SMILES string of the molecule is CCN(CC)C(=O)CSc1nc2c(c(=O)n1Cc1ccco1)C1(CCCCC1)Cc1ccccc1-2. The van der Waals surface area contributed by atoms with Crippen LogP contribution in [0.25, 0.3) is 11.3 Å². The van der Waals surface area contributed by atoms with Crippen LogP contribution in [0.2, 0.25) is 0 Å². The second-order valence-electron chi connectivity index (χ2n) is 9.62. The van der Waals surface area contributed by atoms with Gasteiger partial charge in [-0.15, -0.1) is 0 Å². The Hall–Kier alpha value is -2.80. The number of hydrogen-bond acceptors (Lipinski definition) is 5. The van der Waals surface area contributed by atoms with Gasteiger partial charge in [-0.1, -0.05) is 55.3 Å². The molecule has 1 fully saturated rings. The average Bonchev–Trinajstić information content (AvgIpc) is 3.39. The number of benzene rings is 1. The molecule has 6 nitrogen and oxygen atoms in total. The van der Waals surface area contributed by atoms with E-state index in [4.69, 9.17) is 9.40 Å². The standard InChI is InChI=1S/C28H33N3O3S/c1-3-30(4-2)23(32)19-35-27-29-25-22-13-7-6-11-20(22)17-28(14-8-5-9-15-28)24(25)26(33)31(27)18-21-12-10-16-34-21/h6-7,10-13,16H,3-5,8-9,14-15,17-19H2,1-2H3. The number of carbonyl (C=O) groups excluding carboxylic acids is 1. The van der Waals surface area contributed by atoms with Crippen molar-refractivity contribution in [1.82, 2.24) is 14.5 Å². The van der Waals surface area contributed by atoms with Gasteiger partial charge in [0.2, 0.25) is 5.91 Å². The summed E-state index contributed by atoms with van der Waals surface area (Å²) in [6.07, 6.45) is 8.02. The number of thioether (sulfide) groups is 1. The molecule has 0 N–H and O–H groups in total. The van der Waals surface area contributed by atoms with Gasteiger partial charge in [-0.3, -0.25) is 14.2 Å². The number of aromatic nitrogens is 2. The van der Waals surface area contributed by atoms with E-state index in [-0.39, 0.29) is 22.6 Å². The number of rotatable bonds is 7. The fourth-order valence-electron chi connectivity index (χ4n) is 5.82. The zero-order chi connectivity index (χ0) is 24.4. The van der Waals surface area contributed by atoms with Crippen molar-refractivity contribution in [2.24, 2.45) is 0 Å². The number of furan rings is 1. The van der Waals surface area contributed by atoms with Crippen LogP contribution in [0, 0.1) is 0 Å². The number of carbonyl (C=O) groups is 1. The van der Waals surface area contributed by atoms with Crippen molar-refractivity contribution in [3.05, 3.63) is 69.9 Å². The Bertz CT molecular complexity index is 1250. The zero-order valence-corrected chi connectivity index (χ0v) is 21.4. The lowest BCUT2D eigenvalue weighted by Gasteiger charge is -2.42. The molecular formula is C28H33N3O3S. The quantitative estimate of drug-likeness (QED) is 0.333. The van der Waals surface area contributed by atoms with Crippen molar-refractivity contribution in [2.45, 2.75) is 69.5 Å². The molecule has 184 valence electrons. The maximum atomic E-state index is 14.3. The Labute approximate surface area is 210 Å². The smallest absolute Gasteiger partial charge is 0.258 e. The third-order valence-electron chi connectivity index (χ3n) is 7.61. The van der Waals surface area contributed by atoms with Crippen LogP contribution in [0.5, 0.6) is 0 Å². The molecule has 3 aromatic rings. The Morgan fingerprint density at radius 3 is 2.60 bits per heavy atom. The van der Waals surface area contributed by atoms with Crippen molar-refractivity contribution < 1.29 is 9.21 Å². The first-order chi connectivity index (χ1) is 17.1. The molecule has 2 aromatic heterocycles. The minimum atomic E-state index is -0.169. The Balaban J connectivity index is 1.65. The molecule has 0 radical (unpaired) electrons. The van der Waals surface area contributed by atoms with E-state index in [2.05, 4.69) is 18.2 Å². The highest BCUT2D eigenvalue weighted by atomic mass is 32.2. The predicted molar refractivity (Wildman–Crippen MR) is 139 cm³/mol. The Morgan fingerprint density at radius 1 is 1.11 bits per heavy atom. The monoisotopic (exact) mass is 491 g/mol. The summed E-state index contributed by atoms with van der Waals surface area (Å²) in [5.74, 6) is 1.01.